The van der Waals surface area contributed by atoms with Crippen molar-refractivity contribution in [2.75, 3.05) is 6.61 Å². The van der Waals surface area contributed by atoms with E-state index in [1.165, 1.54) is 0 Å². The van der Waals surface area contributed by atoms with E-state index in [2.05, 4.69) is 22.3 Å². The van der Waals surface area contributed by atoms with Crippen LogP contribution in [0.25, 0.3) is 0 Å². The van der Waals surface area contributed by atoms with Crippen LogP contribution in [0.5, 0.6) is 5.88 Å². The molecule has 0 bridgehead atoms. The van der Waals surface area contributed by atoms with E-state index in [1.807, 2.05) is 42.5 Å². The number of halogens is 1. The highest BCUT2D eigenvalue weighted by atomic mass is 35.5. The highest BCUT2D eigenvalue weighted by Crippen LogP contribution is 2.21. The maximum atomic E-state index is 12.8. The molecule has 0 radical (unpaired) electrons. The number of nitrogens with one attached hydrogen (secondary N) is 1. The van der Waals surface area contributed by atoms with Crippen LogP contribution in [0.15, 0.2) is 48.7 Å². The van der Waals surface area contributed by atoms with Crippen LogP contribution in [-0.2, 0) is 13.1 Å². The normalized spacial score (nSPS) is 10.7. The van der Waals surface area contributed by atoms with Crippen molar-refractivity contribution < 1.29 is 9.53 Å². The van der Waals surface area contributed by atoms with Gasteiger partial charge in [0.1, 0.15) is 5.15 Å². The Morgan fingerprint density at radius 2 is 2.00 bits per heavy atom. The molecule has 0 saturated heterocycles. The lowest BCUT2D eigenvalue weighted by atomic mass is 10.2. The molecule has 152 valence electrons. The van der Waals surface area contributed by atoms with Crippen molar-refractivity contribution in [3.63, 3.8) is 0 Å². The first kappa shape index (κ1) is 20.9. The van der Waals surface area contributed by atoms with Gasteiger partial charge in [-0.1, -0.05) is 61.3 Å². The van der Waals surface area contributed by atoms with Crippen LogP contribution >= 0.6 is 11.6 Å². The van der Waals surface area contributed by atoms with Gasteiger partial charge in [0.25, 0.3) is 5.91 Å². The van der Waals surface area contributed by atoms with Crippen molar-refractivity contribution in [1.82, 2.24) is 20.1 Å². The van der Waals surface area contributed by atoms with Gasteiger partial charge < -0.3 is 10.1 Å². The Labute approximate surface area is 175 Å². The highest BCUT2D eigenvalue weighted by molar-refractivity contribution is 6.33. The third-order valence-corrected chi connectivity index (χ3v) is 4.88. The van der Waals surface area contributed by atoms with Crippen molar-refractivity contribution in [2.24, 2.45) is 0 Å². The van der Waals surface area contributed by atoms with E-state index < -0.39 is 0 Å². The molecular weight excluding hydrogens is 388 g/mol. The summed E-state index contributed by atoms with van der Waals surface area (Å²) in [7, 11) is 0. The molecule has 1 N–H and O–H groups in total. The molecular formula is C22H25ClN4O2. The van der Waals surface area contributed by atoms with Gasteiger partial charge in [0, 0.05) is 18.3 Å². The highest BCUT2D eigenvalue weighted by Gasteiger charge is 2.20. The van der Waals surface area contributed by atoms with Gasteiger partial charge in [-0.2, -0.15) is 5.10 Å². The Morgan fingerprint density at radius 3 is 2.76 bits per heavy atom. The summed E-state index contributed by atoms with van der Waals surface area (Å²) in [6.45, 7) is 5.30. The number of ether oxygens (including phenoxy) is 1. The zero-order chi connectivity index (χ0) is 20.6. The van der Waals surface area contributed by atoms with E-state index in [1.54, 1.807) is 17.8 Å². The first-order valence-corrected chi connectivity index (χ1v) is 10.1. The molecule has 0 fully saturated rings. The smallest absolute Gasteiger partial charge is 0.256 e. The van der Waals surface area contributed by atoms with E-state index in [9.17, 15) is 4.79 Å². The lowest BCUT2D eigenvalue weighted by molar-refractivity contribution is 0.0950. The Morgan fingerprint density at radius 1 is 1.21 bits per heavy atom. The third-order valence-electron chi connectivity index (χ3n) is 4.49. The molecule has 2 aromatic heterocycles. The molecule has 0 aliphatic carbocycles. The fourth-order valence-electron chi connectivity index (χ4n) is 2.94. The van der Waals surface area contributed by atoms with Crippen LogP contribution < -0.4 is 10.1 Å². The summed E-state index contributed by atoms with van der Waals surface area (Å²) in [6, 6.07) is 13.6. The van der Waals surface area contributed by atoms with Gasteiger partial charge in [0.2, 0.25) is 5.88 Å². The van der Waals surface area contributed by atoms with Crippen LogP contribution in [0.4, 0.5) is 0 Å². The number of aromatic nitrogens is 3. The third kappa shape index (κ3) is 5.35. The van der Waals surface area contributed by atoms with Crippen LogP contribution in [-0.4, -0.2) is 27.3 Å². The average Bonchev–Trinajstić information content (AvgIpc) is 3.01. The molecule has 0 atom stereocenters. The maximum Gasteiger partial charge on any atom is 0.256 e. The number of amides is 1. The fourth-order valence-corrected chi connectivity index (χ4v) is 3.26. The summed E-state index contributed by atoms with van der Waals surface area (Å²) in [5, 5.41) is 7.67. The largest absolute Gasteiger partial charge is 0.477 e. The maximum absolute atomic E-state index is 12.8. The van der Waals surface area contributed by atoms with E-state index in [0.717, 1.165) is 24.0 Å². The Kier molecular flexibility index (Phi) is 7.25. The van der Waals surface area contributed by atoms with Crippen LogP contribution in [0, 0.1) is 6.92 Å². The molecule has 2 heterocycles. The fraction of sp³-hybridized carbons (Fsp3) is 0.318. The SMILES string of the molecule is CCCCOc1ncccc1CNC(=O)c1c(C)nn(Cc2ccccc2)c1Cl. The minimum Gasteiger partial charge on any atom is -0.477 e. The molecule has 29 heavy (non-hydrogen) atoms. The second kappa shape index (κ2) is 10.1. The number of hydrogen-bond acceptors (Lipinski definition) is 4. The zero-order valence-corrected chi connectivity index (χ0v) is 17.4. The minimum atomic E-state index is -0.268. The quantitative estimate of drug-likeness (QED) is 0.529. The molecule has 0 aliphatic heterocycles. The number of aryl methyl sites for hydroxylation is 1. The lowest BCUT2D eigenvalue weighted by Gasteiger charge is -2.11. The zero-order valence-electron chi connectivity index (χ0n) is 16.7. The first-order valence-electron chi connectivity index (χ1n) is 9.71. The standard InChI is InChI=1S/C22H25ClN4O2/c1-3-4-13-29-22-18(11-8-12-24-22)14-25-21(28)19-16(2)26-27(20(19)23)15-17-9-6-5-7-10-17/h5-12H,3-4,13-15H2,1-2H3,(H,25,28). The summed E-state index contributed by atoms with van der Waals surface area (Å²) in [5.74, 6) is 0.277. The number of unbranched alkanes of at least 4 members (excludes halogenated alkanes) is 1. The first-order chi connectivity index (χ1) is 14.1. The van der Waals surface area contributed by atoms with Crippen molar-refractivity contribution in [3.8, 4) is 5.88 Å². The molecule has 0 aliphatic rings. The summed E-state index contributed by atoms with van der Waals surface area (Å²) in [5.41, 5.74) is 2.87. The van der Waals surface area contributed by atoms with Gasteiger partial charge in [0.15, 0.2) is 0 Å². The predicted molar refractivity (Wildman–Crippen MR) is 113 cm³/mol. The molecule has 1 amide bonds. The van der Waals surface area contributed by atoms with E-state index in [-0.39, 0.29) is 5.91 Å². The summed E-state index contributed by atoms with van der Waals surface area (Å²) < 4.78 is 7.37. The second-order valence-electron chi connectivity index (χ2n) is 6.75. The number of nitrogens with zero attached hydrogens (tertiary/aromatic N) is 3. The molecule has 1 aromatic carbocycles. The molecule has 3 aromatic rings. The lowest BCUT2D eigenvalue weighted by Crippen LogP contribution is -2.24. The van der Waals surface area contributed by atoms with Crippen LogP contribution in [0.3, 0.4) is 0 Å². The van der Waals surface area contributed by atoms with Crippen molar-refractivity contribution in [2.45, 2.75) is 39.8 Å². The Bertz CT molecular complexity index is 957. The van der Waals surface area contributed by atoms with Gasteiger partial charge >= 0.3 is 0 Å². The predicted octanol–water partition coefficient (Wildman–Crippen LogP) is 4.40. The van der Waals surface area contributed by atoms with Gasteiger partial charge in [-0.3, -0.25) is 4.79 Å². The van der Waals surface area contributed by atoms with Gasteiger partial charge in [-0.25, -0.2) is 9.67 Å². The number of pyridine rings is 1. The van der Waals surface area contributed by atoms with E-state index in [0.29, 0.717) is 42.0 Å². The van der Waals surface area contributed by atoms with Crippen molar-refractivity contribution in [3.05, 3.63) is 76.2 Å². The molecule has 0 saturated carbocycles. The van der Waals surface area contributed by atoms with Crippen molar-refractivity contribution >= 4 is 17.5 Å². The molecule has 0 unspecified atom stereocenters. The van der Waals surface area contributed by atoms with Crippen LogP contribution in [0.1, 0.15) is 46.9 Å². The van der Waals surface area contributed by atoms with Gasteiger partial charge in [-0.05, 0) is 25.0 Å². The average molecular weight is 413 g/mol. The number of carbonyl (C=O) groups is 1. The monoisotopic (exact) mass is 412 g/mol. The van der Waals surface area contributed by atoms with Crippen LogP contribution in [0.2, 0.25) is 5.15 Å². The Balaban J connectivity index is 1.69. The summed E-state index contributed by atoms with van der Waals surface area (Å²) in [6.07, 6.45) is 3.68. The number of hydrogen-bond donors (Lipinski definition) is 1. The molecule has 3 rings (SSSR count). The second-order valence-corrected chi connectivity index (χ2v) is 7.10. The van der Waals surface area contributed by atoms with E-state index in [4.69, 9.17) is 16.3 Å². The van der Waals surface area contributed by atoms with Gasteiger partial charge in [0.05, 0.1) is 24.4 Å². The minimum absolute atomic E-state index is 0.268. The summed E-state index contributed by atoms with van der Waals surface area (Å²) in [4.78, 5) is 17.1. The summed E-state index contributed by atoms with van der Waals surface area (Å²) >= 11 is 6.47. The number of rotatable bonds is 9. The number of benzene rings is 1. The van der Waals surface area contributed by atoms with Crippen molar-refractivity contribution in [1.29, 1.82) is 0 Å². The van der Waals surface area contributed by atoms with Gasteiger partial charge in [-0.15, -0.1) is 0 Å². The molecule has 6 nitrogen and oxygen atoms in total. The Hall–Kier alpha value is -2.86. The van der Waals surface area contributed by atoms with E-state index >= 15 is 0 Å². The number of carbonyl (C=O) groups excluding carboxylic acids is 1. The molecule has 0 spiro atoms. The molecule has 7 heteroatoms. The topological polar surface area (TPSA) is 69.0 Å².